The number of aliphatic carboxylic acids is 1. The lowest BCUT2D eigenvalue weighted by molar-refractivity contribution is -0.181. The van der Waals surface area contributed by atoms with Gasteiger partial charge in [0.2, 0.25) is 0 Å². The van der Waals surface area contributed by atoms with Gasteiger partial charge in [-0.15, -0.1) is 0 Å². The van der Waals surface area contributed by atoms with Crippen LogP contribution in [0.2, 0.25) is 0 Å². The van der Waals surface area contributed by atoms with Crippen molar-refractivity contribution >= 4 is 5.97 Å². The van der Waals surface area contributed by atoms with Crippen LogP contribution in [0, 0.1) is 0 Å². The first-order valence-electron chi connectivity index (χ1n) is 6.54. The second kappa shape index (κ2) is 6.20. The SMILES string of the molecule is CC(Oc1ccccc1)(Oc1ccc(C(F)(F)F)cc1)C(=O)O. The van der Waals surface area contributed by atoms with Crippen molar-refractivity contribution < 1.29 is 32.5 Å². The van der Waals surface area contributed by atoms with E-state index in [9.17, 15) is 23.1 Å². The van der Waals surface area contributed by atoms with Gasteiger partial charge in [-0.2, -0.15) is 13.2 Å². The average Bonchev–Trinajstić information content (AvgIpc) is 2.47. The molecule has 0 aliphatic heterocycles. The molecule has 0 heterocycles. The van der Waals surface area contributed by atoms with Crippen molar-refractivity contribution in [1.82, 2.24) is 0 Å². The molecule has 4 nitrogen and oxygen atoms in total. The van der Waals surface area contributed by atoms with Gasteiger partial charge in [0.25, 0.3) is 0 Å². The number of hydrogen-bond donors (Lipinski definition) is 1. The number of carbonyl (C=O) groups is 1. The molecule has 2 rings (SSSR count). The Labute approximate surface area is 130 Å². The number of benzene rings is 2. The zero-order valence-electron chi connectivity index (χ0n) is 12.0. The number of rotatable bonds is 5. The third-order valence-corrected chi connectivity index (χ3v) is 2.94. The highest BCUT2D eigenvalue weighted by Crippen LogP contribution is 2.31. The zero-order valence-corrected chi connectivity index (χ0v) is 12.0. The molecule has 1 atom stereocenters. The molecular weight excluding hydrogens is 313 g/mol. The molecule has 0 aliphatic rings. The summed E-state index contributed by atoms with van der Waals surface area (Å²) >= 11 is 0. The molecule has 0 saturated carbocycles. The summed E-state index contributed by atoms with van der Waals surface area (Å²) in [7, 11) is 0. The third-order valence-electron chi connectivity index (χ3n) is 2.94. The van der Waals surface area contributed by atoms with Crippen LogP contribution >= 0.6 is 0 Å². The van der Waals surface area contributed by atoms with E-state index in [1.165, 1.54) is 19.1 Å². The Morgan fingerprint density at radius 3 is 1.83 bits per heavy atom. The Hall–Kier alpha value is -2.70. The predicted molar refractivity (Wildman–Crippen MR) is 75.2 cm³/mol. The minimum atomic E-state index is -4.48. The molecule has 0 bridgehead atoms. The Kier molecular flexibility index (Phi) is 4.49. The highest BCUT2D eigenvalue weighted by molar-refractivity contribution is 5.76. The molecule has 7 heteroatoms. The van der Waals surface area contributed by atoms with Gasteiger partial charge in [-0.3, -0.25) is 0 Å². The molecule has 2 aromatic carbocycles. The Morgan fingerprint density at radius 2 is 1.39 bits per heavy atom. The second-order valence-electron chi connectivity index (χ2n) is 4.79. The van der Waals surface area contributed by atoms with Crippen molar-refractivity contribution in [2.24, 2.45) is 0 Å². The van der Waals surface area contributed by atoms with Crippen LogP contribution in [-0.2, 0) is 11.0 Å². The fourth-order valence-corrected chi connectivity index (χ4v) is 1.76. The maximum atomic E-state index is 12.5. The van der Waals surface area contributed by atoms with Crippen molar-refractivity contribution in [2.45, 2.75) is 18.9 Å². The van der Waals surface area contributed by atoms with E-state index in [1.807, 2.05) is 0 Å². The standard InChI is InChI=1S/C16H13F3O4/c1-15(14(20)21,22-12-5-3-2-4-6-12)23-13-9-7-11(8-10-13)16(17,18)19/h2-10H,1H3,(H,20,21). The van der Waals surface area contributed by atoms with Crippen molar-refractivity contribution in [1.29, 1.82) is 0 Å². The summed E-state index contributed by atoms with van der Waals surface area (Å²) < 4.78 is 48.1. The molecule has 0 aromatic heterocycles. The fourth-order valence-electron chi connectivity index (χ4n) is 1.76. The molecule has 23 heavy (non-hydrogen) atoms. The monoisotopic (exact) mass is 326 g/mol. The molecular formula is C16H13F3O4. The summed E-state index contributed by atoms with van der Waals surface area (Å²) in [6.07, 6.45) is -4.48. The molecule has 1 unspecified atom stereocenters. The lowest BCUT2D eigenvalue weighted by Crippen LogP contribution is -2.47. The van der Waals surface area contributed by atoms with Crippen LogP contribution in [0.5, 0.6) is 11.5 Å². The van der Waals surface area contributed by atoms with E-state index in [0.29, 0.717) is 0 Å². The number of ether oxygens (including phenoxy) is 2. The van der Waals surface area contributed by atoms with Gasteiger partial charge < -0.3 is 14.6 Å². The summed E-state index contributed by atoms with van der Waals surface area (Å²) in [5.74, 6) is -3.30. The van der Waals surface area contributed by atoms with E-state index in [4.69, 9.17) is 9.47 Å². The minimum absolute atomic E-state index is 0.0566. The normalized spacial score (nSPS) is 13.9. The van der Waals surface area contributed by atoms with Crippen LogP contribution in [-0.4, -0.2) is 16.9 Å². The van der Waals surface area contributed by atoms with Crippen molar-refractivity contribution in [3.8, 4) is 11.5 Å². The van der Waals surface area contributed by atoms with Crippen LogP contribution in [0.4, 0.5) is 13.2 Å². The molecule has 0 radical (unpaired) electrons. The molecule has 0 saturated heterocycles. The number of halogens is 3. The maximum Gasteiger partial charge on any atom is 0.416 e. The van der Waals surface area contributed by atoms with E-state index in [2.05, 4.69) is 0 Å². The number of para-hydroxylation sites is 1. The lowest BCUT2D eigenvalue weighted by Gasteiger charge is -2.27. The van der Waals surface area contributed by atoms with Gasteiger partial charge in [0.15, 0.2) is 0 Å². The van der Waals surface area contributed by atoms with Gasteiger partial charge in [0.1, 0.15) is 11.5 Å². The van der Waals surface area contributed by atoms with Gasteiger partial charge in [0.05, 0.1) is 5.56 Å². The van der Waals surface area contributed by atoms with E-state index < -0.39 is 23.5 Å². The van der Waals surface area contributed by atoms with Crippen molar-refractivity contribution in [3.05, 3.63) is 60.2 Å². The number of hydrogen-bond acceptors (Lipinski definition) is 3. The van der Waals surface area contributed by atoms with E-state index in [-0.39, 0.29) is 11.5 Å². The van der Waals surface area contributed by atoms with E-state index >= 15 is 0 Å². The Balaban J connectivity index is 2.21. The molecule has 122 valence electrons. The van der Waals surface area contributed by atoms with Gasteiger partial charge in [-0.1, -0.05) is 18.2 Å². The van der Waals surface area contributed by atoms with Gasteiger partial charge in [-0.25, -0.2) is 4.79 Å². The van der Waals surface area contributed by atoms with Crippen molar-refractivity contribution in [2.75, 3.05) is 0 Å². The van der Waals surface area contributed by atoms with Gasteiger partial charge >= 0.3 is 17.9 Å². The van der Waals surface area contributed by atoms with Crippen LogP contribution < -0.4 is 9.47 Å². The first-order valence-corrected chi connectivity index (χ1v) is 6.54. The summed E-state index contributed by atoms with van der Waals surface area (Å²) in [5.41, 5.74) is -0.856. The Morgan fingerprint density at radius 1 is 0.913 bits per heavy atom. The summed E-state index contributed by atoms with van der Waals surface area (Å²) in [5, 5.41) is 9.31. The summed E-state index contributed by atoms with van der Waals surface area (Å²) in [6, 6.07) is 11.8. The third kappa shape index (κ3) is 4.15. The Bertz CT molecular complexity index is 668. The van der Waals surface area contributed by atoms with Gasteiger partial charge in [-0.05, 0) is 36.4 Å². The van der Waals surface area contributed by atoms with Gasteiger partial charge in [0, 0.05) is 6.92 Å². The highest BCUT2D eigenvalue weighted by Gasteiger charge is 2.39. The maximum absolute atomic E-state index is 12.5. The number of alkyl halides is 3. The van der Waals surface area contributed by atoms with Crippen LogP contribution in [0.15, 0.2) is 54.6 Å². The molecule has 0 amide bonds. The molecule has 1 N–H and O–H groups in total. The molecule has 0 spiro atoms. The average molecular weight is 326 g/mol. The molecule has 2 aromatic rings. The quantitative estimate of drug-likeness (QED) is 0.845. The summed E-state index contributed by atoms with van der Waals surface area (Å²) in [4.78, 5) is 11.4. The minimum Gasteiger partial charge on any atom is -0.475 e. The highest BCUT2D eigenvalue weighted by atomic mass is 19.4. The van der Waals surface area contributed by atoms with E-state index in [0.717, 1.165) is 24.3 Å². The second-order valence-corrected chi connectivity index (χ2v) is 4.79. The lowest BCUT2D eigenvalue weighted by atomic mass is 10.2. The number of carboxylic acid groups (broad SMARTS) is 1. The largest absolute Gasteiger partial charge is 0.475 e. The van der Waals surface area contributed by atoms with E-state index in [1.54, 1.807) is 18.2 Å². The predicted octanol–water partition coefficient (Wildman–Crippen LogP) is 3.96. The fraction of sp³-hybridized carbons (Fsp3) is 0.188. The first-order chi connectivity index (χ1) is 10.7. The van der Waals surface area contributed by atoms with Crippen LogP contribution in [0.25, 0.3) is 0 Å². The van der Waals surface area contributed by atoms with Crippen LogP contribution in [0.1, 0.15) is 12.5 Å². The molecule has 0 fully saturated rings. The first kappa shape index (κ1) is 16.7. The van der Waals surface area contributed by atoms with Crippen molar-refractivity contribution in [3.63, 3.8) is 0 Å². The molecule has 0 aliphatic carbocycles. The smallest absolute Gasteiger partial charge is 0.416 e. The topological polar surface area (TPSA) is 55.8 Å². The summed E-state index contributed by atoms with van der Waals surface area (Å²) in [6.45, 7) is 1.17. The zero-order chi connectivity index (χ0) is 17.1. The number of carboxylic acids is 1. The van der Waals surface area contributed by atoms with Crippen LogP contribution in [0.3, 0.4) is 0 Å².